The van der Waals surface area contributed by atoms with E-state index in [1.807, 2.05) is 48.5 Å². The Labute approximate surface area is 218 Å². The number of carbonyl (C=O) groups excluding carboxylic acids is 1. The van der Waals surface area contributed by atoms with E-state index in [1.165, 1.54) is 6.20 Å². The number of rotatable bonds is 7. The SMILES string of the molecule is CC(OC(=O)Nc1cnoc1-c1ccc(-c2ccc(CC(=O)O)cc2)c2c1NCC2)c1ccccc1Cl. The van der Waals surface area contributed by atoms with Gasteiger partial charge in [0.25, 0.3) is 0 Å². The van der Waals surface area contributed by atoms with Crippen LogP contribution in [0.2, 0.25) is 5.02 Å². The van der Waals surface area contributed by atoms with E-state index in [1.54, 1.807) is 19.1 Å². The lowest BCUT2D eigenvalue weighted by atomic mass is 9.93. The second-order valence-corrected chi connectivity index (χ2v) is 9.13. The van der Waals surface area contributed by atoms with Gasteiger partial charge in [0.1, 0.15) is 11.8 Å². The Morgan fingerprint density at radius 2 is 1.89 bits per heavy atom. The summed E-state index contributed by atoms with van der Waals surface area (Å²) in [4.78, 5) is 23.6. The van der Waals surface area contributed by atoms with Gasteiger partial charge in [-0.1, -0.05) is 65.3 Å². The molecule has 3 aromatic carbocycles. The van der Waals surface area contributed by atoms with Gasteiger partial charge in [-0.2, -0.15) is 0 Å². The summed E-state index contributed by atoms with van der Waals surface area (Å²) in [5.41, 5.74) is 6.67. The molecule has 8 nitrogen and oxygen atoms in total. The van der Waals surface area contributed by atoms with Gasteiger partial charge in [-0.05, 0) is 47.7 Å². The Hall–Kier alpha value is -4.30. The van der Waals surface area contributed by atoms with Crippen LogP contribution < -0.4 is 10.6 Å². The van der Waals surface area contributed by atoms with Crippen molar-refractivity contribution in [3.63, 3.8) is 0 Å². The first kappa shape index (κ1) is 24.4. The zero-order valence-electron chi connectivity index (χ0n) is 20.0. The molecule has 0 bridgehead atoms. The Balaban J connectivity index is 1.38. The average molecular weight is 518 g/mol. The Kier molecular flexibility index (Phi) is 6.83. The van der Waals surface area contributed by atoms with Crippen LogP contribution in [0, 0.1) is 0 Å². The number of hydrogen-bond acceptors (Lipinski definition) is 6. The molecule has 0 saturated heterocycles. The van der Waals surface area contributed by atoms with Crippen molar-refractivity contribution >= 4 is 35.0 Å². The van der Waals surface area contributed by atoms with Crippen molar-refractivity contribution in [3.05, 3.63) is 88.6 Å². The third-order valence-corrected chi connectivity index (χ3v) is 6.63. The quantitative estimate of drug-likeness (QED) is 0.254. The maximum atomic E-state index is 12.7. The molecule has 1 aliphatic rings. The molecule has 2 heterocycles. The molecular formula is C28H24ClN3O5. The van der Waals surface area contributed by atoms with E-state index in [0.717, 1.165) is 46.5 Å². The van der Waals surface area contributed by atoms with Crippen LogP contribution in [-0.2, 0) is 22.4 Å². The summed E-state index contributed by atoms with van der Waals surface area (Å²) in [5.74, 6) is -0.447. The largest absolute Gasteiger partial charge is 0.481 e. The number of amides is 1. The molecule has 1 atom stereocenters. The van der Waals surface area contributed by atoms with Crippen molar-refractivity contribution in [2.24, 2.45) is 0 Å². The fourth-order valence-corrected chi connectivity index (χ4v) is 4.84. The molecule has 0 spiro atoms. The van der Waals surface area contributed by atoms with Gasteiger partial charge in [0.2, 0.25) is 0 Å². The van der Waals surface area contributed by atoms with Crippen LogP contribution in [0.15, 0.2) is 71.4 Å². The number of carbonyl (C=O) groups is 2. The highest BCUT2D eigenvalue weighted by Gasteiger charge is 2.25. The van der Waals surface area contributed by atoms with Crippen molar-refractivity contribution in [1.82, 2.24) is 5.16 Å². The van der Waals surface area contributed by atoms with Gasteiger partial charge < -0.3 is 19.7 Å². The Morgan fingerprint density at radius 3 is 2.65 bits per heavy atom. The molecule has 37 heavy (non-hydrogen) atoms. The lowest BCUT2D eigenvalue weighted by Gasteiger charge is -2.16. The predicted octanol–water partition coefficient (Wildman–Crippen LogP) is 6.57. The molecule has 5 rings (SSSR count). The van der Waals surface area contributed by atoms with E-state index in [0.29, 0.717) is 22.0 Å². The number of nitrogens with zero attached hydrogens (tertiary/aromatic N) is 1. The highest BCUT2D eigenvalue weighted by atomic mass is 35.5. The second-order valence-electron chi connectivity index (χ2n) is 8.72. The maximum absolute atomic E-state index is 12.7. The minimum Gasteiger partial charge on any atom is -0.481 e. The minimum absolute atomic E-state index is 0.0141. The number of aliphatic carboxylic acids is 1. The number of nitrogens with one attached hydrogen (secondary N) is 2. The number of ether oxygens (including phenoxy) is 1. The molecule has 0 aliphatic carbocycles. The zero-order chi connectivity index (χ0) is 25.9. The van der Waals surface area contributed by atoms with Crippen molar-refractivity contribution < 1.29 is 24.0 Å². The van der Waals surface area contributed by atoms with Crippen LogP contribution in [0.1, 0.15) is 29.7 Å². The van der Waals surface area contributed by atoms with E-state index in [2.05, 4.69) is 15.8 Å². The number of carboxylic acids is 1. The van der Waals surface area contributed by atoms with Gasteiger partial charge in [0, 0.05) is 28.4 Å². The first-order valence-electron chi connectivity index (χ1n) is 11.8. The van der Waals surface area contributed by atoms with E-state index < -0.39 is 18.2 Å². The topological polar surface area (TPSA) is 114 Å². The molecule has 3 N–H and O–H groups in total. The summed E-state index contributed by atoms with van der Waals surface area (Å²) in [7, 11) is 0. The molecule has 9 heteroatoms. The molecule has 0 radical (unpaired) electrons. The highest BCUT2D eigenvalue weighted by Crippen LogP contribution is 2.42. The number of carboxylic acid groups (broad SMARTS) is 1. The fraction of sp³-hybridized carbons (Fsp3) is 0.179. The monoisotopic (exact) mass is 517 g/mol. The van der Waals surface area contributed by atoms with E-state index >= 15 is 0 Å². The smallest absolute Gasteiger partial charge is 0.412 e. The van der Waals surface area contributed by atoms with Crippen LogP contribution >= 0.6 is 11.6 Å². The summed E-state index contributed by atoms with van der Waals surface area (Å²) in [6.07, 6.45) is 1.03. The van der Waals surface area contributed by atoms with Crippen molar-refractivity contribution in [2.45, 2.75) is 25.9 Å². The third-order valence-electron chi connectivity index (χ3n) is 6.29. The average Bonchev–Trinajstić information content (AvgIpc) is 3.54. The van der Waals surface area contributed by atoms with Gasteiger partial charge in [-0.25, -0.2) is 4.79 Å². The van der Waals surface area contributed by atoms with Crippen molar-refractivity contribution in [3.8, 4) is 22.5 Å². The Morgan fingerprint density at radius 1 is 1.14 bits per heavy atom. The molecule has 188 valence electrons. The summed E-state index contributed by atoms with van der Waals surface area (Å²) < 4.78 is 11.1. The number of halogens is 1. The first-order chi connectivity index (χ1) is 17.9. The van der Waals surface area contributed by atoms with Gasteiger partial charge in [0.05, 0.1) is 12.6 Å². The number of benzene rings is 3. The van der Waals surface area contributed by atoms with E-state index in [4.69, 9.17) is 26.0 Å². The first-order valence-corrected chi connectivity index (χ1v) is 12.2. The van der Waals surface area contributed by atoms with E-state index in [9.17, 15) is 9.59 Å². The number of hydrogen-bond donors (Lipinski definition) is 3. The summed E-state index contributed by atoms with van der Waals surface area (Å²) in [5, 5.41) is 19.6. The van der Waals surface area contributed by atoms with Gasteiger partial charge in [-0.3, -0.25) is 10.1 Å². The molecule has 0 saturated carbocycles. The fourth-order valence-electron chi connectivity index (χ4n) is 4.55. The summed E-state index contributed by atoms with van der Waals surface area (Å²) >= 11 is 6.22. The number of aromatic nitrogens is 1. The molecule has 1 aliphatic heterocycles. The Bertz CT molecular complexity index is 1470. The number of fused-ring (bicyclic) bond motifs is 1. The lowest BCUT2D eigenvalue weighted by molar-refractivity contribution is -0.136. The van der Waals surface area contributed by atoms with Gasteiger partial charge in [-0.15, -0.1) is 0 Å². The van der Waals surface area contributed by atoms with Crippen LogP contribution in [-0.4, -0.2) is 28.9 Å². The van der Waals surface area contributed by atoms with Crippen molar-refractivity contribution in [1.29, 1.82) is 0 Å². The minimum atomic E-state index is -0.860. The normalized spacial score (nSPS) is 12.9. The third kappa shape index (κ3) is 5.15. The van der Waals surface area contributed by atoms with Crippen molar-refractivity contribution in [2.75, 3.05) is 17.2 Å². The van der Waals surface area contributed by atoms with Gasteiger partial charge >= 0.3 is 12.1 Å². The molecule has 1 aromatic heterocycles. The van der Waals surface area contributed by atoms with Crippen LogP contribution in [0.25, 0.3) is 22.5 Å². The second kappa shape index (κ2) is 10.4. The number of anilines is 2. The van der Waals surface area contributed by atoms with Crippen LogP contribution in [0.4, 0.5) is 16.2 Å². The van der Waals surface area contributed by atoms with E-state index in [-0.39, 0.29) is 6.42 Å². The molecule has 4 aromatic rings. The molecule has 1 amide bonds. The molecule has 0 fully saturated rings. The lowest BCUT2D eigenvalue weighted by Crippen LogP contribution is -2.16. The maximum Gasteiger partial charge on any atom is 0.412 e. The zero-order valence-corrected chi connectivity index (χ0v) is 20.7. The predicted molar refractivity (Wildman–Crippen MR) is 141 cm³/mol. The summed E-state index contributed by atoms with van der Waals surface area (Å²) in [6.45, 7) is 2.50. The van der Waals surface area contributed by atoms with Crippen LogP contribution in [0.5, 0.6) is 0 Å². The summed E-state index contributed by atoms with van der Waals surface area (Å²) in [6, 6.07) is 18.6. The molecule has 1 unspecified atom stereocenters. The van der Waals surface area contributed by atoms with Gasteiger partial charge in [0.15, 0.2) is 5.76 Å². The molecular weight excluding hydrogens is 494 g/mol. The van der Waals surface area contributed by atoms with Crippen LogP contribution in [0.3, 0.4) is 0 Å². The standard InChI is InChI=1S/C28H24ClN3O5/c1-16(19-4-2-3-5-23(19)29)36-28(35)32-24-15-31-37-27(24)22-11-10-20(21-12-13-30-26(21)22)18-8-6-17(7-9-18)14-25(33)34/h2-11,15-16,30H,12-14H2,1H3,(H,32,35)(H,33,34). The highest BCUT2D eigenvalue weighted by molar-refractivity contribution is 6.31.